The first-order valence-corrected chi connectivity index (χ1v) is 12.5. The van der Waals surface area contributed by atoms with Crippen molar-refractivity contribution in [2.75, 3.05) is 35.5 Å². The molecule has 4 rings (SSSR count). The second-order valence-electron chi connectivity index (χ2n) is 9.37. The van der Waals surface area contributed by atoms with Gasteiger partial charge in [-0.15, -0.1) is 0 Å². The van der Waals surface area contributed by atoms with Crippen LogP contribution in [-0.4, -0.2) is 52.9 Å². The van der Waals surface area contributed by atoms with Crippen molar-refractivity contribution >= 4 is 0 Å². The van der Waals surface area contributed by atoms with E-state index in [0.717, 1.165) is 33.4 Å². The number of benzene rings is 3. The number of aliphatic hydroxyl groups excluding tert-OH is 1. The van der Waals surface area contributed by atoms with Crippen LogP contribution in [0.1, 0.15) is 42.2 Å². The number of rotatable bonds is 9. The summed E-state index contributed by atoms with van der Waals surface area (Å²) in [5, 5.41) is 10.4. The van der Waals surface area contributed by atoms with E-state index in [2.05, 4.69) is 0 Å². The first kappa shape index (κ1) is 27.5. The number of ether oxygens (including phenoxy) is 6. The Bertz CT molecular complexity index is 1290. The lowest BCUT2D eigenvalue weighted by atomic mass is 9.82. The van der Waals surface area contributed by atoms with Gasteiger partial charge in [-0.3, -0.25) is 0 Å². The highest BCUT2D eigenvalue weighted by molar-refractivity contribution is 5.85. The molecule has 8 heteroatoms. The zero-order chi connectivity index (χ0) is 27.6. The molecule has 1 heterocycles. The normalized spacial score (nSPS) is 17.4. The van der Waals surface area contributed by atoms with Crippen LogP contribution in [0, 0.1) is 5.82 Å². The molecule has 3 aromatic rings. The van der Waals surface area contributed by atoms with E-state index in [0.29, 0.717) is 41.6 Å². The highest BCUT2D eigenvalue weighted by Crippen LogP contribution is 2.56. The van der Waals surface area contributed by atoms with Gasteiger partial charge < -0.3 is 33.5 Å². The lowest BCUT2D eigenvalue weighted by molar-refractivity contribution is 0.00573. The molecule has 1 aliphatic heterocycles. The van der Waals surface area contributed by atoms with Gasteiger partial charge in [0.2, 0.25) is 5.75 Å². The van der Waals surface area contributed by atoms with Gasteiger partial charge in [0.1, 0.15) is 11.9 Å². The predicted molar refractivity (Wildman–Crippen MR) is 143 cm³/mol. The Morgan fingerprint density at radius 3 is 2.05 bits per heavy atom. The maximum atomic E-state index is 13.8. The van der Waals surface area contributed by atoms with Gasteiger partial charge in [-0.05, 0) is 73.2 Å². The van der Waals surface area contributed by atoms with Gasteiger partial charge in [-0.1, -0.05) is 12.1 Å². The molecule has 7 nitrogen and oxygen atoms in total. The molecule has 1 N–H and O–H groups in total. The molecule has 3 aromatic carbocycles. The van der Waals surface area contributed by atoms with E-state index < -0.39 is 12.2 Å². The average molecular weight is 527 g/mol. The first-order chi connectivity index (χ1) is 18.3. The molecule has 0 spiro atoms. The van der Waals surface area contributed by atoms with E-state index in [4.69, 9.17) is 28.4 Å². The monoisotopic (exact) mass is 526 g/mol. The third kappa shape index (κ3) is 4.98. The Morgan fingerprint density at radius 1 is 0.895 bits per heavy atom. The third-order valence-corrected chi connectivity index (χ3v) is 6.81. The molecule has 204 valence electrons. The van der Waals surface area contributed by atoms with Crippen molar-refractivity contribution in [1.29, 1.82) is 0 Å². The van der Waals surface area contributed by atoms with Gasteiger partial charge >= 0.3 is 0 Å². The molecule has 0 aliphatic carbocycles. The minimum absolute atomic E-state index is 0.167. The van der Waals surface area contributed by atoms with Crippen molar-refractivity contribution in [3.05, 3.63) is 64.5 Å². The predicted octanol–water partition coefficient (Wildman–Crippen LogP) is 5.51. The summed E-state index contributed by atoms with van der Waals surface area (Å²) >= 11 is 0. The summed E-state index contributed by atoms with van der Waals surface area (Å²) in [4.78, 5) is 0. The van der Waals surface area contributed by atoms with Crippen LogP contribution in [0.25, 0.3) is 11.1 Å². The van der Waals surface area contributed by atoms with Crippen LogP contribution in [0.15, 0.2) is 36.4 Å². The zero-order valence-electron chi connectivity index (χ0n) is 22.9. The number of hydrogen-bond acceptors (Lipinski definition) is 7. The molecule has 0 radical (unpaired) electrons. The molecule has 3 atom stereocenters. The fourth-order valence-corrected chi connectivity index (χ4v) is 5.26. The molecule has 0 amide bonds. The molecule has 0 unspecified atom stereocenters. The summed E-state index contributed by atoms with van der Waals surface area (Å²) in [5.74, 6) is 2.16. The fraction of sp³-hybridized carbons (Fsp3) is 0.400. The summed E-state index contributed by atoms with van der Waals surface area (Å²) in [6, 6.07) is 10.0. The number of methoxy groups -OCH3 is 5. The van der Waals surface area contributed by atoms with Crippen molar-refractivity contribution in [3.63, 3.8) is 0 Å². The second kappa shape index (κ2) is 11.5. The fourth-order valence-electron chi connectivity index (χ4n) is 5.26. The van der Waals surface area contributed by atoms with Gasteiger partial charge in [-0.25, -0.2) is 4.39 Å². The molecule has 0 aromatic heterocycles. The van der Waals surface area contributed by atoms with Crippen LogP contribution in [0.4, 0.5) is 4.39 Å². The minimum Gasteiger partial charge on any atom is -0.493 e. The van der Waals surface area contributed by atoms with Crippen molar-refractivity contribution in [2.45, 2.75) is 45.0 Å². The number of fused-ring (bicyclic) bond motifs is 1. The quantitative estimate of drug-likeness (QED) is 0.394. The van der Waals surface area contributed by atoms with Gasteiger partial charge in [-0.2, -0.15) is 0 Å². The lowest BCUT2D eigenvalue weighted by Gasteiger charge is -2.35. The Balaban J connectivity index is 2.14. The highest BCUT2D eigenvalue weighted by atomic mass is 19.1. The average Bonchev–Trinajstić information content (AvgIpc) is 2.91. The molecular formula is C30H35FO7. The van der Waals surface area contributed by atoms with Gasteiger partial charge in [0.05, 0.1) is 47.8 Å². The lowest BCUT2D eigenvalue weighted by Crippen LogP contribution is -2.26. The molecule has 1 aliphatic rings. The first-order valence-electron chi connectivity index (χ1n) is 12.5. The standard InChI is InChI=1S/C30H35FO7/c1-16(32)12-19-14-23(33-3)24(34-4)15-21(19)25-22-13-17(2)38-27(18-8-10-20(31)11-9-18)26(22)29(36-6)30(37-7)28(25)35-5/h8-11,14-17,27,32H,12-13H2,1-7H3/t16-,17-,27+/m1/s1. The Labute approximate surface area is 223 Å². The van der Waals surface area contributed by atoms with E-state index >= 15 is 0 Å². The number of hydrogen-bond donors (Lipinski definition) is 1. The Morgan fingerprint density at radius 2 is 1.50 bits per heavy atom. The SMILES string of the molecule is COc1cc(C[C@@H](C)O)c(-c2c3c(c(OC)c(OC)c2OC)[C@H](c2ccc(F)cc2)O[C@H](C)C3)cc1OC. The summed E-state index contributed by atoms with van der Waals surface area (Å²) in [5.41, 5.74) is 4.97. The summed E-state index contributed by atoms with van der Waals surface area (Å²) in [6.07, 6.45) is -0.387. The largest absolute Gasteiger partial charge is 0.493 e. The van der Waals surface area contributed by atoms with E-state index in [1.54, 1.807) is 54.6 Å². The van der Waals surface area contributed by atoms with Crippen LogP contribution < -0.4 is 23.7 Å². The summed E-state index contributed by atoms with van der Waals surface area (Å²) in [6.45, 7) is 3.74. The van der Waals surface area contributed by atoms with E-state index in [1.807, 2.05) is 19.1 Å². The van der Waals surface area contributed by atoms with Crippen molar-refractivity contribution in [2.24, 2.45) is 0 Å². The van der Waals surface area contributed by atoms with Crippen molar-refractivity contribution in [3.8, 4) is 39.9 Å². The molecule has 38 heavy (non-hydrogen) atoms. The van der Waals surface area contributed by atoms with Crippen LogP contribution >= 0.6 is 0 Å². The maximum absolute atomic E-state index is 13.8. The Kier molecular flexibility index (Phi) is 8.33. The van der Waals surface area contributed by atoms with Gasteiger partial charge in [0, 0.05) is 11.1 Å². The molecular weight excluding hydrogens is 491 g/mol. The maximum Gasteiger partial charge on any atom is 0.204 e. The van der Waals surface area contributed by atoms with Crippen LogP contribution in [0.2, 0.25) is 0 Å². The summed E-state index contributed by atoms with van der Waals surface area (Å²) < 4.78 is 49.2. The minimum atomic E-state index is -0.608. The number of aliphatic hydroxyl groups is 1. The number of halogens is 1. The zero-order valence-corrected chi connectivity index (χ0v) is 22.9. The van der Waals surface area contributed by atoms with E-state index in [-0.39, 0.29) is 11.9 Å². The van der Waals surface area contributed by atoms with E-state index in [1.165, 1.54) is 12.1 Å². The molecule has 0 saturated heterocycles. The van der Waals surface area contributed by atoms with E-state index in [9.17, 15) is 9.50 Å². The van der Waals surface area contributed by atoms with Gasteiger partial charge in [0.25, 0.3) is 0 Å². The van der Waals surface area contributed by atoms with Crippen LogP contribution in [0.5, 0.6) is 28.7 Å². The molecule has 0 fully saturated rings. The smallest absolute Gasteiger partial charge is 0.204 e. The van der Waals surface area contributed by atoms with Crippen LogP contribution in [0.3, 0.4) is 0 Å². The van der Waals surface area contributed by atoms with Crippen LogP contribution in [-0.2, 0) is 17.6 Å². The third-order valence-electron chi connectivity index (χ3n) is 6.81. The highest BCUT2D eigenvalue weighted by Gasteiger charge is 2.37. The van der Waals surface area contributed by atoms with Crippen molar-refractivity contribution < 1.29 is 37.9 Å². The molecule has 0 bridgehead atoms. The Hall–Kier alpha value is -3.49. The molecule has 0 saturated carbocycles. The van der Waals surface area contributed by atoms with Crippen molar-refractivity contribution in [1.82, 2.24) is 0 Å². The summed E-state index contributed by atoms with van der Waals surface area (Å²) in [7, 11) is 7.88. The topological polar surface area (TPSA) is 75.6 Å². The van der Waals surface area contributed by atoms with Gasteiger partial charge in [0.15, 0.2) is 23.0 Å². The second-order valence-corrected chi connectivity index (χ2v) is 9.37.